The maximum atomic E-state index is 10.9. The third kappa shape index (κ3) is 4.14. The number of hydrogen-bond donors (Lipinski definition) is 1. The predicted molar refractivity (Wildman–Crippen MR) is 69.3 cm³/mol. The molecule has 0 heterocycles. The van der Waals surface area contributed by atoms with Crippen LogP contribution >= 0.6 is 11.6 Å². The Kier molecular flexibility index (Phi) is 5.84. The van der Waals surface area contributed by atoms with Crippen molar-refractivity contribution in [1.29, 1.82) is 0 Å². The second kappa shape index (κ2) is 7.15. The largest absolute Gasteiger partial charge is 0.382 e. The van der Waals surface area contributed by atoms with Crippen LogP contribution < -0.4 is 5.32 Å². The van der Waals surface area contributed by atoms with Crippen molar-refractivity contribution in [2.45, 2.75) is 6.10 Å². The molecule has 18 heavy (non-hydrogen) atoms. The van der Waals surface area contributed by atoms with Crippen LogP contribution in [0.1, 0.15) is 0 Å². The molecule has 0 spiro atoms. The topological polar surface area (TPSA) is 73.6 Å². The van der Waals surface area contributed by atoms with E-state index in [2.05, 4.69) is 5.32 Å². The predicted octanol–water partition coefficient (Wildman–Crippen LogP) is 2.32. The highest BCUT2D eigenvalue weighted by Gasteiger charge is 2.15. The van der Waals surface area contributed by atoms with Gasteiger partial charge in [-0.05, 0) is 12.1 Å². The smallest absolute Gasteiger partial charge is 0.293 e. The van der Waals surface area contributed by atoms with Gasteiger partial charge in [-0.1, -0.05) is 11.6 Å². The van der Waals surface area contributed by atoms with Crippen LogP contribution in [0.25, 0.3) is 0 Å². The van der Waals surface area contributed by atoms with Crippen LogP contribution in [0.2, 0.25) is 5.02 Å². The number of anilines is 1. The second-order valence-corrected chi connectivity index (χ2v) is 4.05. The molecule has 6 nitrogen and oxygen atoms in total. The summed E-state index contributed by atoms with van der Waals surface area (Å²) in [5, 5.41) is 14.1. The zero-order valence-corrected chi connectivity index (χ0v) is 10.9. The lowest BCUT2D eigenvalue weighted by atomic mass is 10.2. The molecule has 0 bridgehead atoms. The van der Waals surface area contributed by atoms with Gasteiger partial charge in [-0.2, -0.15) is 0 Å². The number of ether oxygens (including phenoxy) is 2. The fourth-order valence-corrected chi connectivity index (χ4v) is 1.59. The first-order valence-electron chi connectivity index (χ1n) is 5.28. The van der Waals surface area contributed by atoms with Gasteiger partial charge in [0.25, 0.3) is 5.69 Å². The lowest BCUT2D eigenvalue weighted by Gasteiger charge is -2.15. The fraction of sp³-hybridized carbons (Fsp3) is 0.455. The van der Waals surface area contributed by atoms with E-state index in [1.807, 2.05) is 0 Å². The van der Waals surface area contributed by atoms with Gasteiger partial charge in [-0.25, -0.2) is 0 Å². The molecule has 1 aromatic rings. The van der Waals surface area contributed by atoms with Crippen molar-refractivity contribution in [3.05, 3.63) is 33.3 Å². The number of hydrogen-bond acceptors (Lipinski definition) is 5. The molecule has 0 aliphatic heterocycles. The molecule has 1 rings (SSSR count). The van der Waals surface area contributed by atoms with Gasteiger partial charge in [-0.15, -0.1) is 0 Å². The Morgan fingerprint density at radius 3 is 2.78 bits per heavy atom. The molecule has 1 unspecified atom stereocenters. The van der Waals surface area contributed by atoms with Crippen LogP contribution in [0.4, 0.5) is 11.4 Å². The van der Waals surface area contributed by atoms with E-state index in [1.54, 1.807) is 26.4 Å². The molecule has 0 radical (unpaired) electrons. The molecule has 1 aromatic carbocycles. The number of benzene rings is 1. The molecular formula is C11H15ClN2O4. The Bertz CT molecular complexity index is 414. The minimum atomic E-state index is -0.480. The molecule has 0 aliphatic carbocycles. The Labute approximate surface area is 110 Å². The van der Waals surface area contributed by atoms with Gasteiger partial charge in [0, 0.05) is 31.9 Å². The van der Waals surface area contributed by atoms with Crippen LogP contribution in [-0.4, -0.2) is 38.4 Å². The second-order valence-electron chi connectivity index (χ2n) is 3.61. The van der Waals surface area contributed by atoms with E-state index in [-0.39, 0.29) is 11.8 Å². The lowest BCUT2D eigenvalue weighted by molar-refractivity contribution is -0.383. The van der Waals surface area contributed by atoms with E-state index in [0.717, 1.165) is 0 Å². The van der Waals surface area contributed by atoms with Crippen molar-refractivity contribution in [2.24, 2.45) is 0 Å². The van der Waals surface area contributed by atoms with Crippen molar-refractivity contribution in [1.82, 2.24) is 0 Å². The summed E-state index contributed by atoms with van der Waals surface area (Å²) in [6, 6.07) is 4.47. The number of rotatable bonds is 7. The minimum Gasteiger partial charge on any atom is -0.382 e. The Hall–Kier alpha value is -1.37. The third-order valence-corrected chi connectivity index (χ3v) is 2.60. The summed E-state index contributed by atoms with van der Waals surface area (Å²) in [5.41, 5.74) is 0.345. The standard InChI is InChI=1S/C11H15ClN2O4/c1-17-7-9(18-2)6-13-10-4-3-8(12)5-11(10)14(15)16/h3-5,9,13H,6-7H2,1-2H3. The molecule has 0 saturated carbocycles. The molecule has 0 fully saturated rings. The monoisotopic (exact) mass is 274 g/mol. The molecular weight excluding hydrogens is 260 g/mol. The highest BCUT2D eigenvalue weighted by Crippen LogP contribution is 2.27. The van der Waals surface area contributed by atoms with Crippen LogP contribution in [-0.2, 0) is 9.47 Å². The van der Waals surface area contributed by atoms with E-state index in [1.165, 1.54) is 6.07 Å². The van der Waals surface area contributed by atoms with Crippen LogP contribution in [0.3, 0.4) is 0 Å². The summed E-state index contributed by atoms with van der Waals surface area (Å²) in [6.45, 7) is 0.817. The molecule has 0 amide bonds. The van der Waals surface area contributed by atoms with Gasteiger partial charge < -0.3 is 14.8 Å². The maximum Gasteiger partial charge on any atom is 0.293 e. The summed E-state index contributed by atoms with van der Waals surface area (Å²) >= 11 is 5.72. The van der Waals surface area contributed by atoms with Crippen molar-refractivity contribution >= 4 is 23.0 Å². The van der Waals surface area contributed by atoms with Gasteiger partial charge in [0.05, 0.1) is 17.6 Å². The highest BCUT2D eigenvalue weighted by molar-refractivity contribution is 6.30. The summed E-state index contributed by atoms with van der Waals surface area (Å²) in [6.07, 6.45) is -0.176. The van der Waals surface area contributed by atoms with Crippen molar-refractivity contribution in [2.75, 3.05) is 32.7 Å². The first-order chi connectivity index (χ1) is 8.58. The van der Waals surface area contributed by atoms with Gasteiger partial charge in [-0.3, -0.25) is 10.1 Å². The van der Waals surface area contributed by atoms with Crippen LogP contribution in [0, 0.1) is 10.1 Å². The van der Waals surface area contributed by atoms with Gasteiger partial charge >= 0.3 is 0 Å². The molecule has 0 aromatic heterocycles. The molecule has 0 aliphatic rings. The van der Waals surface area contributed by atoms with E-state index in [4.69, 9.17) is 21.1 Å². The number of nitrogens with zero attached hydrogens (tertiary/aromatic N) is 1. The fourth-order valence-electron chi connectivity index (χ4n) is 1.43. The zero-order valence-electron chi connectivity index (χ0n) is 10.2. The average molecular weight is 275 g/mol. The third-order valence-electron chi connectivity index (χ3n) is 2.36. The van der Waals surface area contributed by atoms with Gasteiger partial charge in [0.15, 0.2) is 0 Å². The number of nitro benzene ring substituents is 1. The summed E-state index contributed by atoms with van der Waals surface area (Å²) in [4.78, 5) is 10.4. The molecule has 100 valence electrons. The highest BCUT2D eigenvalue weighted by atomic mass is 35.5. The molecule has 0 saturated heterocycles. The summed E-state index contributed by atoms with van der Waals surface area (Å²) < 4.78 is 10.1. The summed E-state index contributed by atoms with van der Waals surface area (Å²) in [7, 11) is 3.12. The lowest BCUT2D eigenvalue weighted by Crippen LogP contribution is -2.26. The normalized spacial score (nSPS) is 12.2. The van der Waals surface area contributed by atoms with E-state index in [0.29, 0.717) is 23.9 Å². The van der Waals surface area contributed by atoms with E-state index >= 15 is 0 Å². The number of nitro groups is 1. The summed E-state index contributed by atoms with van der Waals surface area (Å²) in [5.74, 6) is 0. The quantitative estimate of drug-likeness (QED) is 0.610. The first-order valence-corrected chi connectivity index (χ1v) is 5.65. The molecule has 1 atom stereocenters. The maximum absolute atomic E-state index is 10.9. The SMILES string of the molecule is COCC(CNc1ccc(Cl)cc1[N+](=O)[O-])OC. The minimum absolute atomic E-state index is 0.0604. The Balaban J connectivity index is 2.74. The number of halogens is 1. The van der Waals surface area contributed by atoms with Gasteiger partial charge in [0.1, 0.15) is 5.69 Å². The van der Waals surface area contributed by atoms with Crippen molar-refractivity contribution < 1.29 is 14.4 Å². The van der Waals surface area contributed by atoms with Crippen molar-refractivity contribution in [3.63, 3.8) is 0 Å². The molecule has 7 heteroatoms. The van der Waals surface area contributed by atoms with E-state index < -0.39 is 4.92 Å². The number of methoxy groups -OCH3 is 2. The Morgan fingerprint density at radius 1 is 1.50 bits per heavy atom. The molecule has 1 N–H and O–H groups in total. The number of nitrogens with one attached hydrogen (secondary N) is 1. The Morgan fingerprint density at radius 2 is 2.22 bits per heavy atom. The van der Waals surface area contributed by atoms with E-state index in [9.17, 15) is 10.1 Å². The average Bonchev–Trinajstić information content (AvgIpc) is 2.35. The van der Waals surface area contributed by atoms with Crippen LogP contribution in [0.15, 0.2) is 18.2 Å². The van der Waals surface area contributed by atoms with Gasteiger partial charge in [0.2, 0.25) is 0 Å². The van der Waals surface area contributed by atoms with Crippen LogP contribution in [0.5, 0.6) is 0 Å². The van der Waals surface area contributed by atoms with Crippen molar-refractivity contribution in [3.8, 4) is 0 Å². The first kappa shape index (κ1) is 14.7. The zero-order chi connectivity index (χ0) is 13.5.